The van der Waals surface area contributed by atoms with E-state index in [1.54, 1.807) is 33.5 Å². The van der Waals surface area contributed by atoms with Crippen molar-refractivity contribution in [2.24, 2.45) is 0 Å². The number of methoxy groups -OCH3 is 3. The molecule has 1 aliphatic heterocycles. The Morgan fingerprint density at radius 2 is 1.78 bits per heavy atom. The van der Waals surface area contributed by atoms with Crippen LogP contribution in [-0.2, 0) is 0 Å². The van der Waals surface area contributed by atoms with Crippen molar-refractivity contribution in [3.8, 4) is 17.2 Å². The van der Waals surface area contributed by atoms with Gasteiger partial charge in [0.15, 0.2) is 11.5 Å². The van der Waals surface area contributed by atoms with Gasteiger partial charge >= 0.3 is 0 Å². The van der Waals surface area contributed by atoms with Gasteiger partial charge in [0.2, 0.25) is 5.75 Å². The van der Waals surface area contributed by atoms with E-state index in [2.05, 4.69) is 10.3 Å². The number of rotatable bonds is 6. The normalized spacial score (nSPS) is 19.2. The Hall–Kier alpha value is -2.77. The van der Waals surface area contributed by atoms with Crippen LogP contribution in [-0.4, -0.2) is 60.2 Å². The van der Waals surface area contributed by atoms with Crippen LogP contribution in [0.1, 0.15) is 47.3 Å². The molecule has 8 nitrogen and oxygen atoms in total. The zero-order chi connectivity index (χ0) is 19.0. The van der Waals surface area contributed by atoms with Gasteiger partial charge in [-0.2, -0.15) is 0 Å². The Morgan fingerprint density at radius 1 is 1.07 bits per heavy atom. The fraction of sp³-hybridized carbons (Fsp3) is 0.526. The van der Waals surface area contributed by atoms with Gasteiger partial charge in [0.1, 0.15) is 0 Å². The Morgan fingerprint density at radius 3 is 2.37 bits per heavy atom. The molecular weight excluding hydrogens is 348 g/mol. The maximum atomic E-state index is 13.0. The summed E-state index contributed by atoms with van der Waals surface area (Å²) in [6.07, 6.45) is 5.31. The first-order valence-corrected chi connectivity index (χ1v) is 9.15. The van der Waals surface area contributed by atoms with Gasteiger partial charge in [-0.1, -0.05) is 5.21 Å². The third-order valence-corrected chi connectivity index (χ3v) is 5.26. The van der Waals surface area contributed by atoms with Crippen LogP contribution in [0.2, 0.25) is 0 Å². The summed E-state index contributed by atoms with van der Waals surface area (Å²) in [6, 6.07) is 3.55. The second kappa shape index (κ2) is 7.09. The number of aromatic nitrogens is 3. The average Bonchev–Trinajstić information content (AvgIpc) is 3.23. The molecule has 1 amide bonds. The zero-order valence-corrected chi connectivity index (χ0v) is 15.8. The second-order valence-corrected chi connectivity index (χ2v) is 7.01. The van der Waals surface area contributed by atoms with Gasteiger partial charge in [-0.15, -0.1) is 5.10 Å². The van der Waals surface area contributed by atoms with Crippen molar-refractivity contribution in [1.82, 2.24) is 19.9 Å². The SMILES string of the molecule is COc1cc(C(=O)N2CCC(n3cc(C4CC4)nn3)C2)cc(OC)c1OC. The monoisotopic (exact) mass is 372 g/mol. The molecule has 2 aliphatic rings. The van der Waals surface area contributed by atoms with Crippen LogP contribution in [0.25, 0.3) is 0 Å². The van der Waals surface area contributed by atoms with Gasteiger partial charge in [-0.25, -0.2) is 4.68 Å². The topological polar surface area (TPSA) is 78.7 Å². The molecule has 4 rings (SSSR count). The number of carbonyl (C=O) groups excluding carboxylic acids is 1. The summed E-state index contributed by atoms with van der Waals surface area (Å²) in [6.45, 7) is 1.29. The van der Waals surface area contributed by atoms with Crippen molar-refractivity contribution in [1.29, 1.82) is 0 Å². The lowest BCUT2D eigenvalue weighted by Gasteiger charge is -2.19. The third-order valence-electron chi connectivity index (χ3n) is 5.26. The van der Waals surface area contributed by atoms with E-state index in [1.165, 1.54) is 12.8 Å². The molecule has 0 spiro atoms. The summed E-state index contributed by atoms with van der Waals surface area (Å²) in [7, 11) is 4.63. The number of carbonyl (C=O) groups is 1. The Labute approximate surface area is 158 Å². The molecule has 2 fully saturated rings. The van der Waals surface area contributed by atoms with Gasteiger partial charge < -0.3 is 19.1 Å². The predicted octanol–water partition coefficient (Wildman–Crippen LogP) is 2.27. The highest BCUT2D eigenvalue weighted by molar-refractivity contribution is 5.95. The molecule has 1 aliphatic carbocycles. The van der Waals surface area contributed by atoms with Crippen LogP contribution in [0.3, 0.4) is 0 Å². The van der Waals surface area contributed by atoms with Crippen LogP contribution >= 0.6 is 0 Å². The van der Waals surface area contributed by atoms with E-state index < -0.39 is 0 Å². The van der Waals surface area contributed by atoms with Crippen LogP contribution in [0.5, 0.6) is 17.2 Å². The highest BCUT2D eigenvalue weighted by Crippen LogP contribution is 2.40. The molecule has 2 aromatic rings. The average molecular weight is 372 g/mol. The maximum absolute atomic E-state index is 13.0. The van der Waals surface area contributed by atoms with E-state index in [0.29, 0.717) is 41.8 Å². The van der Waals surface area contributed by atoms with E-state index >= 15 is 0 Å². The second-order valence-electron chi connectivity index (χ2n) is 7.01. The molecular formula is C19H24N4O4. The molecule has 1 unspecified atom stereocenters. The molecule has 1 saturated heterocycles. The van der Waals surface area contributed by atoms with E-state index in [-0.39, 0.29) is 11.9 Å². The van der Waals surface area contributed by atoms with E-state index in [1.807, 2.05) is 15.8 Å². The van der Waals surface area contributed by atoms with E-state index in [0.717, 1.165) is 12.1 Å². The molecule has 0 N–H and O–H groups in total. The molecule has 0 bridgehead atoms. The Balaban J connectivity index is 1.51. The van der Waals surface area contributed by atoms with Crippen molar-refractivity contribution in [3.63, 3.8) is 0 Å². The number of ether oxygens (including phenoxy) is 3. The minimum absolute atomic E-state index is 0.0562. The van der Waals surface area contributed by atoms with Gasteiger partial charge in [0.05, 0.1) is 33.1 Å². The molecule has 1 saturated carbocycles. The molecule has 1 aromatic heterocycles. The lowest BCUT2D eigenvalue weighted by molar-refractivity contribution is 0.0786. The summed E-state index contributed by atoms with van der Waals surface area (Å²) in [5.41, 5.74) is 1.59. The maximum Gasteiger partial charge on any atom is 0.254 e. The first kappa shape index (κ1) is 17.6. The number of benzene rings is 1. The largest absolute Gasteiger partial charge is 0.493 e. The summed E-state index contributed by atoms with van der Waals surface area (Å²) in [5.74, 6) is 1.95. The standard InChI is InChI=1S/C19H24N4O4/c1-25-16-8-13(9-17(26-2)18(16)27-3)19(24)22-7-6-14(10-22)23-11-15(20-21-23)12-4-5-12/h8-9,11-12,14H,4-7,10H2,1-3H3. The van der Waals surface area contributed by atoms with Crippen LogP contribution < -0.4 is 14.2 Å². The van der Waals surface area contributed by atoms with Gasteiger partial charge in [0, 0.05) is 30.8 Å². The van der Waals surface area contributed by atoms with Crippen LogP contribution in [0.4, 0.5) is 0 Å². The van der Waals surface area contributed by atoms with Crippen LogP contribution in [0.15, 0.2) is 18.3 Å². The van der Waals surface area contributed by atoms with Crippen molar-refractivity contribution in [3.05, 3.63) is 29.6 Å². The van der Waals surface area contributed by atoms with Gasteiger partial charge in [-0.3, -0.25) is 4.79 Å². The Kier molecular flexibility index (Phi) is 4.63. The minimum Gasteiger partial charge on any atom is -0.493 e. The lowest BCUT2D eigenvalue weighted by Crippen LogP contribution is -2.29. The summed E-state index contributed by atoms with van der Waals surface area (Å²) < 4.78 is 18.0. The molecule has 144 valence electrons. The summed E-state index contributed by atoms with van der Waals surface area (Å²) >= 11 is 0. The van der Waals surface area contributed by atoms with E-state index in [4.69, 9.17) is 14.2 Å². The van der Waals surface area contributed by atoms with Crippen molar-refractivity contribution in [2.75, 3.05) is 34.4 Å². The van der Waals surface area contributed by atoms with E-state index in [9.17, 15) is 4.79 Å². The van der Waals surface area contributed by atoms with Crippen molar-refractivity contribution < 1.29 is 19.0 Å². The fourth-order valence-electron chi connectivity index (χ4n) is 3.56. The fourth-order valence-corrected chi connectivity index (χ4v) is 3.56. The number of hydrogen-bond acceptors (Lipinski definition) is 6. The smallest absolute Gasteiger partial charge is 0.254 e. The van der Waals surface area contributed by atoms with Gasteiger partial charge in [0.25, 0.3) is 5.91 Å². The molecule has 2 heterocycles. The first-order valence-electron chi connectivity index (χ1n) is 9.15. The lowest BCUT2D eigenvalue weighted by atomic mass is 10.1. The molecule has 0 radical (unpaired) electrons. The molecule has 8 heteroatoms. The van der Waals surface area contributed by atoms with Crippen molar-refractivity contribution >= 4 is 5.91 Å². The van der Waals surface area contributed by atoms with Crippen LogP contribution in [0, 0.1) is 0 Å². The highest BCUT2D eigenvalue weighted by atomic mass is 16.5. The van der Waals surface area contributed by atoms with Gasteiger partial charge in [-0.05, 0) is 31.4 Å². The number of amides is 1. The minimum atomic E-state index is -0.0562. The predicted molar refractivity (Wildman–Crippen MR) is 97.7 cm³/mol. The third kappa shape index (κ3) is 3.31. The number of nitrogens with zero attached hydrogens (tertiary/aromatic N) is 4. The number of likely N-dealkylation sites (tertiary alicyclic amines) is 1. The Bertz CT molecular complexity index is 821. The molecule has 1 atom stereocenters. The zero-order valence-electron chi connectivity index (χ0n) is 15.8. The first-order chi connectivity index (χ1) is 13.1. The molecule has 1 aromatic carbocycles. The molecule has 27 heavy (non-hydrogen) atoms. The highest BCUT2D eigenvalue weighted by Gasteiger charge is 2.32. The quantitative estimate of drug-likeness (QED) is 0.774. The summed E-state index contributed by atoms with van der Waals surface area (Å²) in [5, 5.41) is 8.55. The number of hydrogen-bond donors (Lipinski definition) is 0. The van der Waals surface area contributed by atoms with Crippen molar-refractivity contribution in [2.45, 2.75) is 31.2 Å². The summed E-state index contributed by atoms with van der Waals surface area (Å²) in [4.78, 5) is 14.8.